The van der Waals surface area contributed by atoms with Gasteiger partial charge in [0, 0.05) is 16.6 Å². The SMILES string of the molecule is Cc1cc2c(=O)n(-c3ccccc3)c(SCC(=O)Nc3ccc4c(c3)OCCO4)nc2s1. The molecule has 0 bridgehead atoms. The zero-order chi connectivity index (χ0) is 22.1. The minimum atomic E-state index is -0.206. The number of amides is 1. The van der Waals surface area contributed by atoms with E-state index in [0.29, 0.717) is 51.5 Å². The number of ether oxygens (including phenoxy) is 2. The summed E-state index contributed by atoms with van der Waals surface area (Å²) in [6.45, 7) is 2.94. The molecule has 4 aromatic rings. The van der Waals surface area contributed by atoms with Gasteiger partial charge in [-0.25, -0.2) is 4.98 Å². The third-order valence-corrected chi connectivity index (χ3v) is 6.71. The number of thioether (sulfide) groups is 1. The van der Waals surface area contributed by atoms with E-state index < -0.39 is 0 Å². The van der Waals surface area contributed by atoms with Gasteiger partial charge in [0.2, 0.25) is 5.91 Å². The Morgan fingerprint density at radius 2 is 1.91 bits per heavy atom. The molecule has 1 aliphatic heterocycles. The second-order valence-electron chi connectivity index (χ2n) is 7.14. The number of benzene rings is 2. The Balaban J connectivity index is 1.40. The van der Waals surface area contributed by atoms with Gasteiger partial charge in [-0.2, -0.15) is 0 Å². The molecule has 9 heteroatoms. The van der Waals surface area contributed by atoms with Crippen molar-refractivity contribution in [2.24, 2.45) is 0 Å². The number of rotatable bonds is 5. The van der Waals surface area contributed by atoms with Crippen LogP contribution in [0.2, 0.25) is 0 Å². The molecule has 0 saturated carbocycles. The van der Waals surface area contributed by atoms with Crippen LogP contribution < -0.4 is 20.3 Å². The summed E-state index contributed by atoms with van der Waals surface area (Å²) in [4.78, 5) is 32.3. The highest BCUT2D eigenvalue weighted by Gasteiger charge is 2.17. The van der Waals surface area contributed by atoms with Gasteiger partial charge in [-0.15, -0.1) is 11.3 Å². The number of fused-ring (bicyclic) bond motifs is 2. The molecule has 0 spiro atoms. The smallest absolute Gasteiger partial charge is 0.267 e. The number of anilines is 1. The van der Waals surface area contributed by atoms with Crippen LogP contribution >= 0.6 is 23.1 Å². The minimum Gasteiger partial charge on any atom is -0.486 e. The van der Waals surface area contributed by atoms with E-state index in [1.165, 1.54) is 23.1 Å². The predicted molar refractivity (Wildman–Crippen MR) is 127 cm³/mol. The maximum Gasteiger partial charge on any atom is 0.267 e. The summed E-state index contributed by atoms with van der Waals surface area (Å²) in [5.41, 5.74) is 1.20. The Hall–Kier alpha value is -3.30. The average molecular weight is 466 g/mol. The van der Waals surface area contributed by atoms with Crippen LogP contribution in [0.1, 0.15) is 4.88 Å². The highest BCUT2D eigenvalue weighted by atomic mass is 32.2. The summed E-state index contributed by atoms with van der Waals surface area (Å²) < 4.78 is 12.6. The average Bonchev–Trinajstić information content (AvgIpc) is 3.19. The normalized spacial score (nSPS) is 12.7. The van der Waals surface area contributed by atoms with Crippen LogP contribution in [0, 0.1) is 6.92 Å². The first-order chi connectivity index (χ1) is 15.6. The third-order valence-electron chi connectivity index (χ3n) is 4.83. The quantitative estimate of drug-likeness (QED) is 0.350. The van der Waals surface area contributed by atoms with Crippen molar-refractivity contribution < 1.29 is 14.3 Å². The Morgan fingerprint density at radius 1 is 1.12 bits per heavy atom. The van der Waals surface area contributed by atoms with Crippen molar-refractivity contribution >= 4 is 44.9 Å². The lowest BCUT2D eigenvalue weighted by Crippen LogP contribution is -2.22. The van der Waals surface area contributed by atoms with E-state index >= 15 is 0 Å². The molecule has 1 aliphatic rings. The second kappa shape index (κ2) is 8.68. The Bertz CT molecular complexity index is 1370. The molecule has 32 heavy (non-hydrogen) atoms. The maximum atomic E-state index is 13.2. The van der Waals surface area contributed by atoms with Crippen molar-refractivity contribution in [2.45, 2.75) is 12.1 Å². The molecule has 3 heterocycles. The number of nitrogens with zero attached hydrogens (tertiary/aromatic N) is 2. The first kappa shape index (κ1) is 20.6. The fourth-order valence-corrected chi connectivity index (χ4v) is 5.17. The van der Waals surface area contributed by atoms with Gasteiger partial charge < -0.3 is 14.8 Å². The molecule has 1 amide bonds. The molecule has 2 aromatic heterocycles. The van der Waals surface area contributed by atoms with Crippen molar-refractivity contribution in [3.63, 3.8) is 0 Å². The predicted octanol–water partition coefficient (Wildman–Crippen LogP) is 4.26. The number of aryl methyl sites for hydroxylation is 1. The number of carbonyl (C=O) groups excluding carboxylic acids is 1. The molecule has 5 rings (SSSR count). The van der Waals surface area contributed by atoms with E-state index in [2.05, 4.69) is 5.32 Å². The van der Waals surface area contributed by atoms with Gasteiger partial charge in [0.05, 0.1) is 16.8 Å². The first-order valence-corrected chi connectivity index (χ1v) is 11.8. The summed E-state index contributed by atoms with van der Waals surface area (Å²) >= 11 is 2.70. The number of hydrogen-bond donors (Lipinski definition) is 1. The maximum absolute atomic E-state index is 13.2. The fourth-order valence-electron chi connectivity index (χ4n) is 3.43. The summed E-state index contributed by atoms with van der Waals surface area (Å²) in [7, 11) is 0. The number of thiophene rings is 1. The second-order valence-corrected chi connectivity index (χ2v) is 9.32. The van der Waals surface area contributed by atoms with Crippen LogP contribution in [0.3, 0.4) is 0 Å². The molecule has 0 aliphatic carbocycles. The lowest BCUT2D eigenvalue weighted by Gasteiger charge is -2.19. The van der Waals surface area contributed by atoms with Gasteiger partial charge in [-0.1, -0.05) is 30.0 Å². The van der Waals surface area contributed by atoms with Gasteiger partial charge >= 0.3 is 0 Å². The fraction of sp³-hybridized carbons (Fsp3) is 0.174. The van der Waals surface area contributed by atoms with E-state index in [9.17, 15) is 9.59 Å². The summed E-state index contributed by atoms with van der Waals surface area (Å²) in [5, 5.41) is 3.93. The van der Waals surface area contributed by atoms with E-state index in [-0.39, 0.29) is 17.2 Å². The van der Waals surface area contributed by atoms with Crippen LogP contribution in [-0.2, 0) is 4.79 Å². The molecule has 0 fully saturated rings. The molecular formula is C23H19N3O4S2. The largest absolute Gasteiger partial charge is 0.486 e. The van der Waals surface area contributed by atoms with Gasteiger partial charge in [-0.05, 0) is 37.3 Å². The van der Waals surface area contributed by atoms with Crippen molar-refractivity contribution in [1.29, 1.82) is 0 Å². The van der Waals surface area contributed by atoms with Crippen molar-refractivity contribution in [3.05, 3.63) is 69.8 Å². The number of hydrogen-bond acceptors (Lipinski definition) is 7. The van der Waals surface area contributed by atoms with Crippen LogP contribution in [0.5, 0.6) is 11.5 Å². The van der Waals surface area contributed by atoms with E-state index in [1.54, 1.807) is 22.8 Å². The van der Waals surface area contributed by atoms with Crippen molar-refractivity contribution in [3.8, 4) is 17.2 Å². The van der Waals surface area contributed by atoms with Crippen LogP contribution in [0.15, 0.2) is 64.5 Å². The monoisotopic (exact) mass is 465 g/mol. The lowest BCUT2D eigenvalue weighted by molar-refractivity contribution is -0.113. The molecule has 0 atom stereocenters. The highest BCUT2D eigenvalue weighted by molar-refractivity contribution is 7.99. The number of para-hydroxylation sites is 1. The number of nitrogens with one attached hydrogen (secondary N) is 1. The molecule has 0 unspecified atom stereocenters. The Kier molecular flexibility index (Phi) is 5.59. The van der Waals surface area contributed by atoms with E-state index in [1.807, 2.05) is 43.3 Å². The van der Waals surface area contributed by atoms with Crippen LogP contribution in [0.4, 0.5) is 5.69 Å². The molecular weight excluding hydrogens is 446 g/mol. The molecule has 162 valence electrons. The van der Waals surface area contributed by atoms with Gasteiger partial charge in [0.1, 0.15) is 18.0 Å². The molecule has 0 radical (unpaired) electrons. The van der Waals surface area contributed by atoms with Crippen molar-refractivity contribution in [2.75, 3.05) is 24.3 Å². The third kappa shape index (κ3) is 4.09. The number of carbonyl (C=O) groups is 1. The van der Waals surface area contributed by atoms with Crippen LogP contribution in [-0.4, -0.2) is 34.4 Å². The summed E-state index contributed by atoms with van der Waals surface area (Å²) in [6, 6.07) is 16.5. The zero-order valence-electron chi connectivity index (χ0n) is 17.2. The van der Waals surface area contributed by atoms with Crippen molar-refractivity contribution in [1.82, 2.24) is 9.55 Å². The summed E-state index contributed by atoms with van der Waals surface area (Å²) in [6.07, 6.45) is 0. The van der Waals surface area contributed by atoms with E-state index in [4.69, 9.17) is 14.5 Å². The molecule has 1 N–H and O–H groups in total. The Labute approximate surface area is 192 Å². The van der Waals surface area contributed by atoms with E-state index in [0.717, 1.165) is 4.88 Å². The van der Waals surface area contributed by atoms with Gasteiger partial charge in [-0.3, -0.25) is 14.2 Å². The van der Waals surface area contributed by atoms with Crippen LogP contribution in [0.25, 0.3) is 15.9 Å². The summed E-state index contributed by atoms with van der Waals surface area (Å²) in [5.74, 6) is 1.17. The zero-order valence-corrected chi connectivity index (χ0v) is 18.8. The van der Waals surface area contributed by atoms with Gasteiger partial charge in [0.25, 0.3) is 5.56 Å². The Morgan fingerprint density at radius 3 is 2.72 bits per heavy atom. The molecule has 7 nitrogen and oxygen atoms in total. The minimum absolute atomic E-state index is 0.101. The lowest BCUT2D eigenvalue weighted by atomic mass is 10.2. The van der Waals surface area contributed by atoms with Gasteiger partial charge in [0.15, 0.2) is 16.7 Å². The molecule has 0 saturated heterocycles. The number of aromatic nitrogens is 2. The first-order valence-electron chi connectivity index (χ1n) is 9.99. The molecule has 2 aromatic carbocycles. The topological polar surface area (TPSA) is 82.5 Å². The highest BCUT2D eigenvalue weighted by Crippen LogP contribution is 2.33. The standard InChI is InChI=1S/C23H19N3O4S2/c1-14-11-17-21(32-14)25-23(26(22(17)28)16-5-3-2-4-6-16)31-13-20(27)24-15-7-8-18-19(12-15)30-10-9-29-18/h2-8,11-12H,9-10,13H2,1H3,(H,24,27).